The molecule has 0 saturated heterocycles. The molecule has 0 radical (unpaired) electrons. The second-order valence-electron chi connectivity index (χ2n) is 14.9. The van der Waals surface area contributed by atoms with Crippen molar-refractivity contribution in [2.24, 2.45) is 0 Å². The van der Waals surface area contributed by atoms with Crippen molar-refractivity contribution in [2.45, 2.75) is 86.1 Å². The Bertz CT molecular complexity index is 2570. The van der Waals surface area contributed by atoms with Gasteiger partial charge in [0.25, 0.3) is 0 Å². The first-order chi connectivity index (χ1) is 25.6. The Morgan fingerprint density at radius 2 is 0.945 bits per heavy atom. The van der Waals surface area contributed by atoms with E-state index in [2.05, 4.69) is 41.4 Å². The molecular weight excluding hydrogens is 745 g/mol. The predicted octanol–water partition coefficient (Wildman–Crippen LogP) is 6.54. The van der Waals surface area contributed by atoms with Crippen molar-refractivity contribution in [1.29, 1.82) is 0 Å². The van der Waals surface area contributed by atoms with Gasteiger partial charge in [-0.15, -0.1) is 10.2 Å². The van der Waals surface area contributed by atoms with Gasteiger partial charge in [0.1, 0.15) is 34.4 Å². The average molecular weight is 789 g/mol. The van der Waals surface area contributed by atoms with Crippen molar-refractivity contribution in [1.82, 2.24) is 30.0 Å². The first-order valence-electron chi connectivity index (χ1n) is 17.0. The lowest BCUT2D eigenvalue weighted by Crippen LogP contribution is -2.12. The van der Waals surface area contributed by atoms with Crippen molar-refractivity contribution in [3.05, 3.63) is 107 Å². The van der Waals surface area contributed by atoms with Crippen LogP contribution in [0.15, 0.2) is 105 Å². The monoisotopic (exact) mass is 788 g/mol. The molecule has 0 aliphatic carbocycles. The van der Waals surface area contributed by atoms with Crippen LogP contribution in [0, 0.1) is 13.8 Å². The van der Waals surface area contributed by atoms with Crippen LogP contribution in [-0.4, -0.2) is 69.3 Å². The number of hydrogen-bond acceptors (Lipinski definition) is 12. The molecule has 0 aliphatic heterocycles. The molecule has 6 aromatic rings. The zero-order valence-electron chi connectivity index (χ0n) is 32.0. The zero-order valence-corrected chi connectivity index (χ0v) is 33.6. The van der Waals surface area contributed by atoms with E-state index in [1.165, 1.54) is 46.8 Å². The van der Waals surface area contributed by atoms with Crippen molar-refractivity contribution in [3.63, 3.8) is 0 Å². The van der Waals surface area contributed by atoms with Crippen molar-refractivity contribution >= 4 is 19.7 Å². The highest BCUT2D eigenvalue weighted by Crippen LogP contribution is 2.33. The molecule has 55 heavy (non-hydrogen) atoms. The van der Waals surface area contributed by atoms with Gasteiger partial charge in [-0.05, 0) is 84.3 Å². The Balaban J connectivity index is 0.000000211. The molecule has 6 rings (SSSR count). The average Bonchev–Trinajstić information content (AvgIpc) is 3.71. The number of hydrogen-bond donors (Lipinski definition) is 3. The first-order valence-corrected chi connectivity index (χ1v) is 20.0. The summed E-state index contributed by atoms with van der Waals surface area (Å²) in [6, 6.07) is 21.9. The summed E-state index contributed by atoms with van der Waals surface area (Å²) in [4.78, 5) is 0.268. The fourth-order valence-corrected chi connectivity index (χ4v) is 8.28. The van der Waals surface area contributed by atoms with E-state index < -0.39 is 19.7 Å². The van der Waals surface area contributed by atoms with Gasteiger partial charge in [-0.25, -0.2) is 26.2 Å². The number of benzene rings is 4. The van der Waals surface area contributed by atoms with Crippen LogP contribution in [0.4, 0.5) is 0 Å². The number of nitrogens with zero attached hydrogens (tertiary/aromatic N) is 6. The molecule has 2 aromatic heterocycles. The van der Waals surface area contributed by atoms with Gasteiger partial charge in [0.05, 0.1) is 28.3 Å². The molecule has 4 aromatic carbocycles. The molecule has 16 heteroatoms. The standard InChI is InChI=1S/C20H23N3O4S.C19H21N3O4S/c1-13-19(21-22-23(13)17-12-15(24)8-11-18(17)27-5)28(25,26)16-9-6-14(7-10-16)20(2,3)4;1-12-18(20-21-22(12)16-11-14(23)7-10-17(16)24)27(25,26)15-8-5-13(6-9-15)19(2,3)4/h6-12,24H,1-5H3;5-11,23-24H,1-4H3. The number of phenolic OH excluding ortho intramolecular Hbond substituents is 3. The van der Waals surface area contributed by atoms with Crippen LogP contribution in [0.1, 0.15) is 64.1 Å². The van der Waals surface area contributed by atoms with Crippen LogP contribution in [-0.2, 0) is 30.5 Å². The smallest absolute Gasteiger partial charge is 0.227 e. The number of aromatic nitrogens is 6. The summed E-state index contributed by atoms with van der Waals surface area (Å²) in [6.45, 7) is 15.5. The van der Waals surface area contributed by atoms with Crippen LogP contribution in [0.3, 0.4) is 0 Å². The van der Waals surface area contributed by atoms with Crippen LogP contribution < -0.4 is 4.74 Å². The molecule has 0 fully saturated rings. The Hall–Kier alpha value is -5.74. The minimum Gasteiger partial charge on any atom is -0.508 e. The number of rotatable bonds is 7. The molecular formula is C39H44N6O8S2. The molecule has 0 unspecified atom stereocenters. The highest BCUT2D eigenvalue weighted by atomic mass is 32.2. The molecule has 0 saturated carbocycles. The maximum atomic E-state index is 13.1. The molecule has 290 valence electrons. The van der Waals surface area contributed by atoms with E-state index in [4.69, 9.17) is 4.74 Å². The third kappa shape index (κ3) is 8.19. The normalized spacial score (nSPS) is 12.2. The van der Waals surface area contributed by atoms with E-state index in [1.807, 2.05) is 32.9 Å². The van der Waals surface area contributed by atoms with E-state index in [9.17, 15) is 32.2 Å². The summed E-state index contributed by atoms with van der Waals surface area (Å²) < 4.78 is 60.0. The van der Waals surface area contributed by atoms with Gasteiger partial charge in [0.2, 0.25) is 29.7 Å². The summed E-state index contributed by atoms with van der Waals surface area (Å²) in [5.41, 5.74) is 2.99. The minimum atomic E-state index is -3.88. The quantitative estimate of drug-likeness (QED) is 0.148. The number of methoxy groups -OCH3 is 1. The summed E-state index contributed by atoms with van der Waals surface area (Å²) in [6.07, 6.45) is 0. The largest absolute Gasteiger partial charge is 0.508 e. The van der Waals surface area contributed by atoms with Crippen molar-refractivity contribution in [3.8, 4) is 34.4 Å². The topological polar surface area (TPSA) is 200 Å². The van der Waals surface area contributed by atoms with Gasteiger partial charge in [-0.2, -0.15) is 0 Å². The van der Waals surface area contributed by atoms with E-state index >= 15 is 0 Å². The third-order valence-corrected chi connectivity index (χ3v) is 12.4. The molecule has 0 spiro atoms. The third-order valence-electron chi connectivity index (χ3n) is 8.85. The summed E-state index contributed by atoms with van der Waals surface area (Å²) in [5, 5.41) is 44.6. The van der Waals surface area contributed by atoms with E-state index in [1.54, 1.807) is 56.3 Å². The molecule has 0 bridgehead atoms. The van der Waals surface area contributed by atoms with Crippen LogP contribution in [0.2, 0.25) is 0 Å². The maximum Gasteiger partial charge on any atom is 0.227 e. The molecule has 3 N–H and O–H groups in total. The lowest BCUT2D eigenvalue weighted by Gasteiger charge is -2.19. The highest BCUT2D eigenvalue weighted by molar-refractivity contribution is 7.91. The molecule has 0 atom stereocenters. The molecule has 0 amide bonds. The van der Waals surface area contributed by atoms with Crippen LogP contribution in [0.5, 0.6) is 23.0 Å². The predicted molar refractivity (Wildman–Crippen MR) is 205 cm³/mol. The van der Waals surface area contributed by atoms with Crippen molar-refractivity contribution in [2.75, 3.05) is 7.11 Å². The van der Waals surface area contributed by atoms with E-state index in [-0.39, 0.29) is 59.3 Å². The first kappa shape index (κ1) is 40.4. The fraction of sp³-hybridized carbons (Fsp3) is 0.282. The van der Waals surface area contributed by atoms with Crippen LogP contribution >= 0.6 is 0 Å². The van der Waals surface area contributed by atoms with E-state index in [0.29, 0.717) is 17.1 Å². The fourth-order valence-electron chi connectivity index (χ4n) is 5.60. The minimum absolute atomic E-state index is 0.00729. The Morgan fingerprint density at radius 3 is 1.35 bits per heavy atom. The van der Waals surface area contributed by atoms with Crippen molar-refractivity contribution < 1.29 is 36.9 Å². The molecule has 0 aliphatic rings. The highest BCUT2D eigenvalue weighted by Gasteiger charge is 2.29. The Labute approximate surface area is 320 Å². The summed E-state index contributed by atoms with van der Waals surface area (Å²) >= 11 is 0. The number of ether oxygens (including phenoxy) is 1. The Morgan fingerprint density at radius 1 is 0.564 bits per heavy atom. The molecule has 14 nitrogen and oxygen atoms in total. The second-order valence-corrected chi connectivity index (χ2v) is 18.6. The molecule has 2 heterocycles. The number of aromatic hydroxyl groups is 3. The van der Waals surface area contributed by atoms with Crippen LogP contribution in [0.25, 0.3) is 11.4 Å². The summed E-state index contributed by atoms with van der Waals surface area (Å²) in [5.74, 6) is 0.205. The van der Waals surface area contributed by atoms with Gasteiger partial charge < -0.3 is 20.1 Å². The van der Waals surface area contributed by atoms with Gasteiger partial charge in [-0.3, -0.25) is 0 Å². The number of phenols is 3. The Kier molecular flexibility index (Phi) is 10.9. The SMILES string of the molecule is COc1ccc(O)cc1-n1nnc(S(=O)(=O)c2ccc(C(C)(C)C)cc2)c1C.Cc1c(S(=O)(=O)c2ccc(C(C)(C)C)cc2)nnn1-c1cc(O)ccc1O. The zero-order chi connectivity index (χ0) is 40.7. The lowest BCUT2D eigenvalue weighted by molar-refractivity contribution is 0.408. The van der Waals surface area contributed by atoms with E-state index in [0.717, 1.165) is 11.1 Å². The van der Waals surface area contributed by atoms with Gasteiger partial charge in [0.15, 0.2) is 0 Å². The van der Waals surface area contributed by atoms with Gasteiger partial charge in [0, 0.05) is 12.1 Å². The maximum absolute atomic E-state index is 13.1. The lowest BCUT2D eigenvalue weighted by atomic mass is 9.87. The van der Waals surface area contributed by atoms with Gasteiger partial charge >= 0.3 is 0 Å². The van der Waals surface area contributed by atoms with Gasteiger partial charge in [-0.1, -0.05) is 76.2 Å². The summed E-state index contributed by atoms with van der Waals surface area (Å²) in [7, 11) is -6.24. The number of sulfone groups is 2. The second kappa shape index (κ2) is 14.8.